The van der Waals surface area contributed by atoms with Crippen molar-refractivity contribution in [1.82, 2.24) is 4.90 Å². The highest BCUT2D eigenvalue weighted by molar-refractivity contribution is 5.39. The third-order valence-corrected chi connectivity index (χ3v) is 11.6. The Morgan fingerprint density at radius 2 is 1.94 bits per heavy atom. The Balaban J connectivity index is 1.52. The second kappa shape index (κ2) is 6.04. The lowest BCUT2D eigenvalue weighted by Gasteiger charge is -2.69. The normalized spacial score (nSPS) is 63.4. The van der Waals surface area contributed by atoms with Gasteiger partial charge in [0.15, 0.2) is 0 Å². The van der Waals surface area contributed by atoms with E-state index >= 15 is 0 Å². The third-order valence-electron chi connectivity index (χ3n) is 11.6. The summed E-state index contributed by atoms with van der Waals surface area (Å²) in [6.45, 7) is 5.17. The molecule has 7 bridgehead atoms. The molecule has 12 atom stereocenters. The number of aliphatic hydroxyl groups excluding tert-OH is 2. The number of likely N-dealkylation sites (tertiary alicyclic amines) is 1. The molecule has 174 valence electrons. The predicted octanol–water partition coefficient (Wildman–Crippen LogP) is 1.01. The zero-order valence-electron chi connectivity index (χ0n) is 19.0. The number of hydrogen-bond donors (Lipinski definition) is 2. The summed E-state index contributed by atoms with van der Waals surface area (Å²) in [5.74, 6) is 0.679. The van der Waals surface area contributed by atoms with Crippen LogP contribution in [0.5, 0.6) is 0 Å². The smallest absolute Gasteiger partial charge is 0.148 e. The van der Waals surface area contributed by atoms with E-state index < -0.39 is 17.3 Å². The molecule has 31 heavy (non-hydrogen) atoms. The molecule has 2 aliphatic heterocycles. The minimum atomic E-state index is -0.533. The van der Waals surface area contributed by atoms with Crippen molar-refractivity contribution in [1.29, 1.82) is 0 Å². The Kier molecular flexibility index (Phi) is 3.92. The first-order valence-electron chi connectivity index (χ1n) is 12.4. The molecule has 5 aliphatic carbocycles. The zero-order chi connectivity index (χ0) is 21.4. The molecule has 7 aliphatic rings. The SMILES string of the molecule is CCN1C[C@]2(COC)CC[C@H](O)[C@@]34[C@@H]5C[C@H]6[C@H](O)[C@@H]5[C@@]5(C[C@@H]6OC)OCO[C@]5(C[C@H]23)[C@@H]14. The quantitative estimate of drug-likeness (QED) is 0.682. The molecule has 0 aromatic carbocycles. The van der Waals surface area contributed by atoms with E-state index in [1.165, 1.54) is 0 Å². The first-order valence-corrected chi connectivity index (χ1v) is 12.4. The van der Waals surface area contributed by atoms with Gasteiger partial charge in [-0.05, 0) is 44.1 Å². The minimum Gasteiger partial charge on any atom is -0.392 e. The molecule has 0 unspecified atom stereocenters. The van der Waals surface area contributed by atoms with Crippen LogP contribution >= 0.6 is 0 Å². The Hall–Kier alpha value is -0.280. The van der Waals surface area contributed by atoms with Crippen LogP contribution in [0.25, 0.3) is 0 Å². The van der Waals surface area contributed by atoms with Crippen molar-refractivity contribution in [3.63, 3.8) is 0 Å². The van der Waals surface area contributed by atoms with Crippen LogP contribution in [0.15, 0.2) is 0 Å². The number of methoxy groups -OCH3 is 2. The summed E-state index contributed by atoms with van der Waals surface area (Å²) in [6, 6.07) is 0.126. The number of aliphatic hydroxyl groups is 2. The molecule has 3 spiro atoms. The number of rotatable bonds is 4. The maximum atomic E-state index is 11.9. The first-order chi connectivity index (χ1) is 15.0. The van der Waals surface area contributed by atoms with Gasteiger partial charge in [-0.2, -0.15) is 0 Å². The van der Waals surface area contributed by atoms with E-state index in [2.05, 4.69) is 11.8 Å². The van der Waals surface area contributed by atoms with E-state index in [1.807, 2.05) is 7.11 Å². The molecule has 7 heteroatoms. The van der Waals surface area contributed by atoms with Crippen LogP contribution in [-0.2, 0) is 18.9 Å². The summed E-state index contributed by atoms with van der Waals surface area (Å²) in [7, 11) is 3.59. The number of hydrogen-bond acceptors (Lipinski definition) is 7. The maximum Gasteiger partial charge on any atom is 0.148 e. The van der Waals surface area contributed by atoms with Crippen molar-refractivity contribution in [2.45, 2.75) is 74.6 Å². The summed E-state index contributed by atoms with van der Waals surface area (Å²) >= 11 is 0. The zero-order valence-corrected chi connectivity index (χ0v) is 19.0. The van der Waals surface area contributed by atoms with Crippen LogP contribution in [-0.4, -0.2) is 91.4 Å². The van der Waals surface area contributed by atoms with Crippen LogP contribution in [0.2, 0.25) is 0 Å². The Labute approximate surface area is 184 Å². The fourth-order valence-electron chi connectivity index (χ4n) is 11.1. The van der Waals surface area contributed by atoms with Crippen molar-refractivity contribution in [2.75, 3.05) is 40.7 Å². The minimum absolute atomic E-state index is 0.0115. The van der Waals surface area contributed by atoms with E-state index in [1.54, 1.807) is 7.11 Å². The monoisotopic (exact) mass is 435 g/mol. The molecule has 0 aromatic rings. The molecule has 7 nitrogen and oxygen atoms in total. The lowest BCUT2D eigenvalue weighted by Crippen LogP contribution is -2.80. The van der Waals surface area contributed by atoms with E-state index in [0.29, 0.717) is 5.92 Å². The van der Waals surface area contributed by atoms with Gasteiger partial charge in [0.2, 0.25) is 0 Å². The molecule has 0 aromatic heterocycles. The number of piperidine rings is 1. The summed E-state index contributed by atoms with van der Waals surface area (Å²) in [4.78, 5) is 2.61. The van der Waals surface area contributed by atoms with Crippen LogP contribution in [0, 0.1) is 34.5 Å². The Morgan fingerprint density at radius 1 is 1.13 bits per heavy atom. The average molecular weight is 436 g/mol. The maximum absolute atomic E-state index is 11.9. The van der Waals surface area contributed by atoms with Gasteiger partial charge in [-0.15, -0.1) is 0 Å². The first kappa shape index (κ1) is 20.1. The Bertz CT molecular complexity index is 796. The van der Waals surface area contributed by atoms with Gasteiger partial charge in [0, 0.05) is 49.9 Å². The standard InChI is InChI=1S/C24H37NO6/c1-4-25-10-21(11-28-2)6-5-17(26)24-14-7-13-15(29-3)8-22(18(14)19(13)27)23(20(24)25,9-16(21)24)31-12-30-22/h13-20,26-27H,4-12H2,1-3H3/t13-,14-,15+,16-,17+,18-,19+,20-,21+,22-,23-,24-/m1/s1. The summed E-state index contributed by atoms with van der Waals surface area (Å²) in [6.07, 6.45) is 3.55. The molecule has 7 fully saturated rings. The molecule has 5 saturated carbocycles. The van der Waals surface area contributed by atoms with E-state index in [0.717, 1.165) is 51.8 Å². The van der Waals surface area contributed by atoms with Crippen molar-refractivity contribution < 1.29 is 29.2 Å². The van der Waals surface area contributed by atoms with Gasteiger partial charge >= 0.3 is 0 Å². The number of nitrogens with zero attached hydrogens (tertiary/aromatic N) is 1. The molecule has 0 radical (unpaired) electrons. The second-order valence-electron chi connectivity index (χ2n) is 11.8. The molecule has 2 heterocycles. The highest BCUT2D eigenvalue weighted by Gasteiger charge is 2.90. The molecule has 7 rings (SSSR count). The van der Waals surface area contributed by atoms with Crippen LogP contribution in [0.3, 0.4) is 0 Å². The van der Waals surface area contributed by atoms with Gasteiger partial charge in [-0.25, -0.2) is 0 Å². The van der Waals surface area contributed by atoms with Crippen molar-refractivity contribution in [2.24, 2.45) is 34.5 Å². The summed E-state index contributed by atoms with van der Waals surface area (Å²) in [5, 5.41) is 23.5. The van der Waals surface area contributed by atoms with Crippen molar-refractivity contribution in [3.05, 3.63) is 0 Å². The van der Waals surface area contributed by atoms with Gasteiger partial charge in [0.1, 0.15) is 18.0 Å². The van der Waals surface area contributed by atoms with E-state index in [9.17, 15) is 10.2 Å². The second-order valence-corrected chi connectivity index (χ2v) is 11.8. The predicted molar refractivity (Wildman–Crippen MR) is 110 cm³/mol. The molecule has 0 amide bonds. The lowest BCUT2D eigenvalue weighted by molar-refractivity contribution is -0.282. The third kappa shape index (κ3) is 1.83. The number of fused-ring (bicyclic) bond motifs is 1. The van der Waals surface area contributed by atoms with Gasteiger partial charge in [0.25, 0.3) is 0 Å². The van der Waals surface area contributed by atoms with Gasteiger partial charge in [-0.1, -0.05) is 6.92 Å². The van der Waals surface area contributed by atoms with Crippen molar-refractivity contribution >= 4 is 0 Å². The molecular weight excluding hydrogens is 398 g/mol. The van der Waals surface area contributed by atoms with Crippen LogP contribution < -0.4 is 0 Å². The van der Waals surface area contributed by atoms with Gasteiger partial charge in [-0.3, -0.25) is 4.90 Å². The summed E-state index contributed by atoms with van der Waals surface area (Å²) < 4.78 is 25.2. The fourth-order valence-corrected chi connectivity index (χ4v) is 11.1. The van der Waals surface area contributed by atoms with Gasteiger partial charge in [0.05, 0.1) is 31.0 Å². The van der Waals surface area contributed by atoms with Crippen molar-refractivity contribution in [3.8, 4) is 0 Å². The average Bonchev–Trinajstić information content (AvgIpc) is 3.32. The Morgan fingerprint density at radius 3 is 2.68 bits per heavy atom. The largest absolute Gasteiger partial charge is 0.392 e. The summed E-state index contributed by atoms with van der Waals surface area (Å²) in [5.41, 5.74) is -1.28. The topological polar surface area (TPSA) is 80.6 Å². The number of ether oxygens (including phenoxy) is 4. The molecule has 2 N–H and O–H groups in total. The van der Waals surface area contributed by atoms with Crippen LogP contribution in [0.1, 0.15) is 39.0 Å². The fraction of sp³-hybridized carbons (Fsp3) is 1.00. The number of likely N-dealkylation sites (N-methyl/N-ethyl adjacent to an activating group) is 1. The highest BCUT2D eigenvalue weighted by Crippen LogP contribution is 2.81. The highest BCUT2D eigenvalue weighted by atomic mass is 16.7. The molecule has 2 saturated heterocycles. The lowest BCUT2D eigenvalue weighted by atomic mass is 9.42. The van der Waals surface area contributed by atoms with E-state index in [-0.39, 0.29) is 53.6 Å². The molecular formula is C24H37NO6. The van der Waals surface area contributed by atoms with Crippen LogP contribution in [0.4, 0.5) is 0 Å². The van der Waals surface area contributed by atoms with E-state index in [4.69, 9.17) is 18.9 Å². The van der Waals surface area contributed by atoms with Gasteiger partial charge < -0.3 is 29.2 Å².